The molecule has 1 aromatic heterocycles. The maximum atomic E-state index is 11.8. The Bertz CT molecular complexity index is 707. The number of amides is 1. The van der Waals surface area contributed by atoms with Crippen molar-refractivity contribution in [1.29, 1.82) is 0 Å². The predicted octanol–water partition coefficient (Wildman–Crippen LogP) is -3.35. The molecule has 6 N–H and O–H groups in total. The fourth-order valence-electron chi connectivity index (χ4n) is 2.09. The second-order valence-electron chi connectivity index (χ2n) is 4.72. The van der Waals surface area contributed by atoms with Gasteiger partial charge in [-0.25, -0.2) is 4.79 Å². The second kappa shape index (κ2) is 6.23. The Kier molecular flexibility index (Phi) is 4.56. The average molecular weight is 313 g/mol. The predicted molar refractivity (Wildman–Crippen MR) is 72.6 cm³/mol. The van der Waals surface area contributed by atoms with Gasteiger partial charge in [-0.15, -0.1) is 0 Å². The lowest BCUT2D eigenvalue weighted by atomic mass is 10.1. The van der Waals surface area contributed by atoms with Crippen molar-refractivity contribution in [2.24, 2.45) is 5.73 Å². The Labute approximate surface area is 123 Å². The van der Waals surface area contributed by atoms with Gasteiger partial charge in [0, 0.05) is 12.3 Å². The summed E-state index contributed by atoms with van der Waals surface area (Å²) in [7, 11) is 0. The quantitative estimate of drug-likeness (QED) is 0.362. The van der Waals surface area contributed by atoms with Gasteiger partial charge in [-0.1, -0.05) is 0 Å². The highest BCUT2D eigenvalue weighted by Crippen LogP contribution is 2.27. The topological polar surface area (TPSA) is 168 Å². The summed E-state index contributed by atoms with van der Waals surface area (Å²) in [6.07, 6.45) is -2.15. The molecule has 1 fully saturated rings. The van der Waals surface area contributed by atoms with Crippen LogP contribution in [0.15, 0.2) is 21.9 Å². The van der Waals surface area contributed by atoms with E-state index in [4.69, 9.17) is 15.6 Å². The van der Waals surface area contributed by atoms with Crippen LogP contribution in [0.25, 0.3) is 6.08 Å². The lowest BCUT2D eigenvalue weighted by Gasteiger charge is -2.17. The van der Waals surface area contributed by atoms with Gasteiger partial charge < -0.3 is 25.8 Å². The number of primary amides is 1. The number of aromatic nitrogens is 2. The van der Waals surface area contributed by atoms with E-state index >= 15 is 0 Å². The largest absolute Gasteiger partial charge is 0.394 e. The molecule has 22 heavy (non-hydrogen) atoms. The van der Waals surface area contributed by atoms with Crippen LogP contribution in [0, 0.1) is 0 Å². The zero-order valence-corrected chi connectivity index (χ0v) is 11.2. The first-order chi connectivity index (χ1) is 10.3. The molecule has 1 saturated heterocycles. The molecule has 4 atom stereocenters. The van der Waals surface area contributed by atoms with Crippen molar-refractivity contribution in [3.8, 4) is 0 Å². The van der Waals surface area contributed by atoms with Gasteiger partial charge in [0.15, 0.2) is 6.23 Å². The summed E-state index contributed by atoms with van der Waals surface area (Å²) in [5.74, 6) is -0.787. The number of rotatable bonds is 4. The van der Waals surface area contributed by atoms with Gasteiger partial charge in [-0.2, -0.15) is 0 Å². The molecular formula is C12H15N3O7. The standard InChI is InChI=1S/C12H15N3O7/c13-7(17)2-1-5-3-15(12(21)14-10(5)20)11-9(19)8(18)6(4-16)22-11/h1-3,6,8-9,11,16,18-19H,4H2,(H2,13,17)(H,14,20,21)/t6-,8?,9+,11-/m1/s1. The third kappa shape index (κ3) is 2.99. The van der Waals surface area contributed by atoms with E-state index in [2.05, 4.69) is 0 Å². The molecule has 10 nitrogen and oxygen atoms in total. The molecule has 0 radical (unpaired) electrons. The SMILES string of the molecule is NC(=O)C=Cc1cn([C@@H]2O[C@H](CO)C(O)[C@@H]2O)c(=O)[nH]c1=O. The lowest BCUT2D eigenvalue weighted by molar-refractivity contribution is -0.113. The third-order valence-electron chi connectivity index (χ3n) is 3.21. The minimum absolute atomic E-state index is 0.0730. The molecule has 2 heterocycles. The number of hydrogen-bond acceptors (Lipinski definition) is 7. The molecule has 10 heteroatoms. The molecule has 1 unspecified atom stereocenters. The maximum Gasteiger partial charge on any atom is 0.330 e. The first kappa shape index (κ1) is 16.1. The number of carbonyl (C=O) groups excluding carboxylic acids is 1. The van der Waals surface area contributed by atoms with E-state index in [1.54, 1.807) is 0 Å². The number of hydrogen-bond donors (Lipinski definition) is 5. The molecular weight excluding hydrogens is 298 g/mol. The number of H-pyrrole nitrogens is 1. The first-order valence-electron chi connectivity index (χ1n) is 6.30. The van der Waals surface area contributed by atoms with Crippen molar-refractivity contribution in [3.05, 3.63) is 38.7 Å². The van der Waals surface area contributed by atoms with Gasteiger partial charge >= 0.3 is 5.69 Å². The Morgan fingerprint density at radius 2 is 2.09 bits per heavy atom. The smallest absolute Gasteiger partial charge is 0.330 e. The highest BCUT2D eigenvalue weighted by atomic mass is 16.6. The van der Waals surface area contributed by atoms with E-state index in [1.165, 1.54) is 0 Å². The fraction of sp³-hybridized carbons (Fsp3) is 0.417. The zero-order chi connectivity index (χ0) is 16.4. The lowest BCUT2D eigenvalue weighted by Crippen LogP contribution is -2.38. The first-order valence-corrected chi connectivity index (χ1v) is 6.30. The number of nitrogens with zero attached hydrogens (tertiary/aromatic N) is 1. The fourth-order valence-corrected chi connectivity index (χ4v) is 2.09. The monoisotopic (exact) mass is 313 g/mol. The van der Waals surface area contributed by atoms with Gasteiger partial charge in [-0.3, -0.25) is 19.1 Å². The number of nitrogens with two attached hydrogens (primary N) is 1. The van der Waals surface area contributed by atoms with E-state index in [0.29, 0.717) is 0 Å². The summed E-state index contributed by atoms with van der Waals surface area (Å²) in [6, 6.07) is 0. The normalized spacial score (nSPS) is 28.3. The average Bonchev–Trinajstić information content (AvgIpc) is 2.74. The minimum atomic E-state index is -1.48. The summed E-state index contributed by atoms with van der Waals surface area (Å²) in [4.78, 5) is 36.1. The second-order valence-corrected chi connectivity index (χ2v) is 4.72. The maximum absolute atomic E-state index is 11.8. The number of nitrogens with one attached hydrogen (secondary N) is 1. The molecule has 1 amide bonds. The highest BCUT2D eigenvalue weighted by molar-refractivity contribution is 5.90. The Morgan fingerprint density at radius 1 is 1.41 bits per heavy atom. The van der Waals surface area contributed by atoms with Crippen LogP contribution in [0.1, 0.15) is 11.8 Å². The molecule has 1 aliphatic rings. The molecule has 2 rings (SSSR count). The highest BCUT2D eigenvalue weighted by Gasteiger charge is 2.43. The molecule has 0 bridgehead atoms. The molecule has 0 aliphatic carbocycles. The summed E-state index contributed by atoms with van der Waals surface area (Å²) < 4.78 is 6.05. The molecule has 1 aliphatic heterocycles. The van der Waals surface area contributed by atoms with E-state index in [-0.39, 0.29) is 5.56 Å². The van der Waals surface area contributed by atoms with Crippen LogP contribution < -0.4 is 17.0 Å². The molecule has 1 aromatic rings. The third-order valence-corrected chi connectivity index (χ3v) is 3.21. The molecule has 120 valence electrons. The van der Waals surface area contributed by atoms with Crippen LogP contribution in [-0.2, 0) is 9.53 Å². The van der Waals surface area contributed by atoms with Crippen LogP contribution in [0.5, 0.6) is 0 Å². The molecule has 0 aromatic carbocycles. The van der Waals surface area contributed by atoms with Gasteiger partial charge in [0.25, 0.3) is 5.56 Å². The van der Waals surface area contributed by atoms with Gasteiger partial charge in [0.1, 0.15) is 18.3 Å². The van der Waals surface area contributed by atoms with Crippen LogP contribution >= 0.6 is 0 Å². The number of aliphatic hydroxyl groups excluding tert-OH is 3. The Morgan fingerprint density at radius 3 is 2.64 bits per heavy atom. The van der Waals surface area contributed by atoms with Crippen LogP contribution in [0.3, 0.4) is 0 Å². The summed E-state index contributed by atoms with van der Waals surface area (Å²) in [5, 5.41) is 28.6. The van der Waals surface area contributed by atoms with Gasteiger partial charge in [0.2, 0.25) is 5.91 Å². The van der Waals surface area contributed by atoms with Crippen molar-refractivity contribution < 1.29 is 24.9 Å². The number of carbonyl (C=O) groups is 1. The van der Waals surface area contributed by atoms with Crippen molar-refractivity contribution in [1.82, 2.24) is 9.55 Å². The van der Waals surface area contributed by atoms with E-state index in [1.807, 2.05) is 4.98 Å². The summed E-state index contributed by atoms with van der Waals surface area (Å²) in [5.41, 5.74) is 3.21. The van der Waals surface area contributed by atoms with E-state index in [9.17, 15) is 24.6 Å². The van der Waals surface area contributed by atoms with Crippen molar-refractivity contribution in [3.63, 3.8) is 0 Å². The minimum Gasteiger partial charge on any atom is -0.394 e. The van der Waals surface area contributed by atoms with Crippen molar-refractivity contribution in [2.45, 2.75) is 24.5 Å². The molecule has 0 spiro atoms. The van der Waals surface area contributed by atoms with Crippen molar-refractivity contribution >= 4 is 12.0 Å². The van der Waals surface area contributed by atoms with Gasteiger partial charge in [0.05, 0.1) is 12.2 Å². The number of aromatic amines is 1. The number of ether oxygens (including phenoxy) is 1. The zero-order valence-electron chi connectivity index (χ0n) is 11.2. The van der Waals surface area contributed by atoms with Gasteiger partial charge in [-0.05, 0) is 6.08 Å². The van der Waals surface area contributed by atoms with Crippen molar-refractivity contribution in [2.75, 3.05) is 6.61 Å². The summed E-state index contributed by atoms with van der Waals surface area (Å²) in [6.45, 7) is -0.554. The molecule has 0 saturated carbocycles. The van der Waals surface area contributed by atoms with Crippen LogP contribution in [0.4, 0.5) is 0 Å². The van der Waals surface area contributed by atoms with Crippen LogP contribution in [0.2, 0.25) is 0 Å². The van der Waals surface area contributed by atoms with E-state index < -0.39 is 48.3 Å². The Hall–Kier alpha value is -2.27. The van der Waals surface area contributed by atoms with E-state index in [0.717, 1.165) is 22.9 Å². The Balaban J connectivity index is 2.44. The van der Waals surface area contributed by atoms with Crippen LogP contribution in [-0.4, -0.2) is 55.7 Å². The summed E-state index contributed by atoms with van der Waals surface area (Å²) >= 11 is 0. The number of aliphatic hydroxyl groups is 3.